The second kappa shape index (κ2) is 5.88. The Morgan fingerprint density at radius 2 is 2.17 bits per heavy atom. The van der Waals surface area contributed by atoms with Gasteiger partial charge in [-0.15, -0.1) is 11.8 Å². The van der Waals surface area contributed by atoms with Crippen LogP contribution in [0.15, 0.2) is 0 Å². The molecule has 0 aliphatic heterocycles. The highest BCUT2D eigenvalue weighted by Gasteiger charge is 2.10. The molecule has 0 bridgehead atoms. The monoisotopic (exact) mass is 192 g/mol. The lowest BCUT2D eigenvalue weighted by atomic mass is 10.3. The van der Waals surface area contributed by atoms with Gasteiger partial charge in [-0.05, 0) is 0 Å². The smallest absolute Gasteiger partial charge is 0.315 e. The Morgan fingerprint density at radius 3 is 2.58 bits per heavy atom. The third-order valence-corrected chi connectivity index (χ3v) is 2.31. The van der Waals surface area contributed by atoms with Gasteiger partial charge in [-0.25, -0.2) is 0 Å². The van der Waals surface area contributed by atoms with Crippen LogP contribution in [0, 0.1) is 0 Å². The summed E-state index contributed by atoms with van der Waals surface area (Å²) in [4.78, 5) is 20.8. The molecular weight excluding hydrogens is 180 g/mol. The lowest BCUT2D eigenvalue weighted by molar-refractivity contribution is -0.138. The van der Waals surface area contributed by atoms with Crippen LogP contribution < -0.4 is 0 Å². The number of carboxylic acid groups (broad SMARTS) is 1. The summed E-state index contributed by atoms with van der Waals surface area (Å²) in [6, 6.07) is 0. The molecule has 0 spiro atoms. The Bertz CT molecular complexity index is 169. The molecule has 1 unspecified atom stereocenters. The van der Waals surface area contributed by atoms with E-state index in [0.717, 1.165) is 0 Å². The summed E-state index contributed by atoms with van der Waals surface area (Å²) in [5, 5.41) is 8.32. The van der Waals surface area contributed by atoms with E-state index < -0.39 is 5.97 Å². The van der Waals surface area contributed by atoms with Gasteiger partial charge in [0.15, 0.2) is 0 Å². The first-order chi connectivity index (χ1) is 5.56. The number of rotatable bonds is 5. The molecule has 0 aliphatic rings. The van der Waals surface area contributed by atoms with E-state index in [1.165, 1.54) is 18.9 Å². The summed E-state index contributed by atoms with van der Waals surface area (Å²) in [6.07, 6.45) is 0.0711. The van der Waals surface area contributed by atoms with Gasteiger partial charge < -0.3 is 9.84 Å². The molecule has 0 aromatic carbocycles. The van der Waals surface area contributed by atoms with Crippen molar-refractivity contribution in [3.05, 3.63) is 0 Å². The molecular formula is C7H12O4S. The van der Waals surface area contributed by atoms with E-state index in [9.17, 15) is 9.59 Å². The summed E-state index contributed by atoms with van der Waals surface area (Å²) < 4.78 is 4.40. The number of aliphatic carboxylic acids is 1. The summed E-state index contributed by atoms with van der Waals surface area (Å²) in [7, 11) is 1.31. The van der Waals surface area contributed by atoms with Crippen molar-refractivity contribution in [2.75, 3.05) is 12.9 Å². The van der Waals surface area contributed by atoms with Crippen LogP contribution in [-0.4, -0.2) is 35.2 Å². The molecule has 0 heterocycles. The topological polar surface area (TPSA) is 63.6 Å². The van der Waals surface area contributed by atoms with Crippen molar-refractivity contribution in [3.8, 4) is 0 Å². The van der Waals surface area contributed by atoms with E-state index in [-0.39, 0.29) is 23.4 Å². The zero-order valence-electron chi connectivity index (χ0n) is 7.07. The van der Waals surface area contributed by atoms with Crippen molar-refractivity contribution < 1.29 is 19.4 Å². The van der Waals surface area contributed by atoms with E-state index >= 15 is 0 Å². The van der Waals surface area contributed by atoms with Gasteiger partial charge in [0.05, 0.1) is 19.3 Å². The van der Waals surface area contributed by atoms with Crippen molar-refractivity contribution in [1.82, 2.24) is 0 Å². The Hall–Kier alpha value is -0.710. The molecule has 4 nitrogen and oxygen atoms in total. The standard InChI is InChI=1S/C7H12O4S/c1-5(3-6(8)9)12-4-7(10)11-2/h5H,3-4H2,1-2H3,(H,8,9). The Balaban J connectivity index is 3.50. The maximum absolute atomic E-state index is 10.6. The lowest BCUT2D eigenvalue weighted by Gasteiger charge is -2.06. The van der Waals surface area contributed by atoms with Gasteiger partial charge in [-0.1, -0.05) is 6.92 Å². The van der Waals surface area contributed by atoms with Crippen LogP contribution in [0.2, 0.25) is 0 Å². The molecule has 0 rings (SSSR count). The number of carboxylic acids is 1. The fraction of sp³-hybridized carbons (Fsp3) is 0.714. The van der Waals surface area contributed by atoms with Crippen LogP contribution in [0.5, 0.6) is 0 Å². The molecule has 0 saturated heterocycles. The molecule has 0 aromatic rings. The molecule has 0 saturated carbocycles. The minimum absolute atomic E-state index is 0.0541. The molecule has 70 valence electrons. The summed E-state index contributed by atoms with van der Waals surface area (Å²) in [5.41, 5.74) is 0. The van der Waals surface area contributed by atoms with Crippen LogP contribution in [0.4, 0.5) is 0 Å². The van der Waals surface area contributed by atoms with Crippen molar-refractivity contribution in [3.63, 3.8) is 0 Å². The van der Waals surface area contributed by atoms with Crippen molar-refractivity contribution in [1.29, 1.82) is 0 Å². The highest BCUT2D eigenvalue weighted by molar-refractivity contribution is 8.00. The second-order valence-electron chi connectivity index (χ2n) is 2.30. The van der Waals surface area contributed by atoms with E-state index in [1.807, 2.05) is 0 Å². The van der Waals surface area contributed by atoms with Crippen LogP contribution in [0.3, 0.4) is 0 Å². The van der Waals surface area contributed by atoms with Crippen molar-refractivity contribution in [2.24, 2.45) is 0 Å². The number of esters is 1. The first-order valence-electron chi connectivity index (χ1n) is 3.46. The van der Waals surface area contributed by atoms with E-state index in [1.54, 1.807) is 6.92 Å². The number of carbonyl (C=O) groups excluding carboxylic acids is 1. The molecule has 1 N–H and O–H groups in total. The summed E-state index contributed by atoms with van der Waals surface area (Å²) in [6.45, 7) is 1.77. The number of methoxy groups -OCH3 is 1. The fourth-order valence-corrected chi connectivity index (χ4v) is 1.37. The van der Waals surface area contributed by atoms with Gasteiger partial charge in [0.2, 0.25) is 0 Å². The third-order valence-electron chi connectivity index (χ3n) is 1.18. The van der Waals surface area contributed by atoms with Gasteiger partial charge in [0.25, 0.3) is 0 Å². The normalized spacial score (nSPS) is 12.2. The summed E-state index contributed by atoms with van der Waals surface area (Å²) >= 11 is 1.28. The molecule has 0 amide bonds. The van der Waals surface area contributed by atoms with Crippen molar-refractivity contribution >= 4 is 23.7 Å². The number of hydrogen-bond acceptors (Lipinski definition) is 4. The molecule has 12 heavy (non-hydrogen) atoms. The van der Waals surface area contributed by atoms with E-state index in [0.29, 0.717) is 0 Å². The molecule has 0 fully saturated rings. The zero-order chi connectivity index (χ0) is 9.56. The predicted molar refractivity (Wildman–Crippen MR) is 46.2 cm³/mol. The van der Waals surface area contributed by atoms with E-state index in [2.05, 4.69) is 4.74 Å². The largest absolute Gasteiger partial charge is 0.481 e. The lowest BCUT2D eigenvalue weighted by Crippen LogP contribution is -2.10. The number of thioether (sulfide) groups is 1. The van der Waals surface area contributed by atoms with Gasteiger partial charge >= 0.3 is 11.9 Å². The maximum Gasteiger partial charge on any atom is 0.315 e. The SMILES string of the molecule is COC(=O)CSC(C)CC(=O)O. The Labute approximate surface area is 75.3 Å². The van der Waals surface area contributed by atoms with Crippen LogP contribution in [-0.2, 0) is 14.3 Å². The van der Waals surface area contributed by atoms with Crippen molar-refractivity contribution in [2.45, 2.75) is 18.6 Å². The minimum atomic E-state index is -0.847. The van der Waals surface area contributed by atoms with Gasteiger partial charge in [0, 0.05) is 5.25 Å². The highest BCUT2D eigenvalue weighted by atomic mass is 32.2. The van der Waals surface area contributed by atoms with Crippen LogP contribution >= 0.6 is 11.8 Å². The van der Waals surface area contributed by atoms with Gasteiger partial charge in [-0.3, -0.25) is 9.59 Å². The minimum Gasteiger partial charge on any atom is -0.481 e. The quantitative estimate of drug-likeness (QED) is 0.651. The Morgan fingerprint density at radius 1 is 1.58 bits per heavy atom. The fourth-order valence-electron chi connectivity index (χ4n) is 0.574. The highest BCUT2D eigenvalue weighted by Crippen LogP contribution is 2.13. The molecule has 1 atom stereocenters. The maximum atomic E-state index is 10.6. The molecule has 5 heteroatoms. The first-order valence-corrected chi connectivity index (χ1v) is 4.51. The predicted octanol–water partition coefficient (Wildman–Crippen LogP) is 0.756. The van der Waals surface area contributed by atoms with Gasteiger partial charge in [-0.2, -0.15) is 0 Å². The molecule has 0 aliphatic carbocycles. The third kappa shape index (κ3) is 6.03. The molecule has 0 radical (unpaired) electrons. The first kappa shape index (κ1) is 11.3. The number of carbonyl (C=O) groups is 2. The second-order valence-corrected chi connectivity index (χ2v) is 3.72. The zero-order valence-corrected chi connectivity index (χ0v) is 7.89. The average molecular weight is 192 g/mol. The van der Waals surface area contributed by atoms with E-state index in [4.69, 9.17) is 5.11 Å². The number of hydrogen-bond donors (Lipinski definition) is 1. The number of ether oxygens (including phenoxy) is 1. The van der Waals surface area contributed by atoms with Crippen LogP contribution in [0.1, 0.15) is 13.3 Å². The van der Waals surface area contributed by atoms with Gasteiger partial charge in [0.1, 0.15) is 0 Å². The molecule has 0 aromatic heterocycles. The summed E-state index contributed by atoms with van der Waals surface area (Å²) in [5.74, 6) is -0.956. The van der Waals surface area contributed by atoms with Crippen LogP contribution in [0.25, 0.3) is 0 Å². The Kier molecular flexibility index (Phi) is 5.53. The average Bonchev–Trinajstić information content (AvgIpc) is 1.99.